The monoisotopic (exact) mass is 440 g/mol. The third-order valence-corrected chi connectivity index (χ3v) is 6.03. The highest BCUT2D eigenvalue weighted by Crippen LogP contribution is 2.36. The van der Waals surface area contributed by atoms with E-state index < -0.39 is 11.5 Å². The lowest BCUT2D eigenvalue weighted by Gasteiger charge is -2.40. The molecule has 2 amide bonds. The Morgan fingerprint density at radius 2 is 1.72 bits per heavy atom. The van der Waals surface area contributed by atoms with Gasteiger partial charge in [-0.2, -0.15) is 0 Å². The van der Waals surface area contributed by atoms with E-state index in [0.29, 0.717) is 23.0 Å². The molecule has 1 aromatic heterocycles. The fraction of sp³-hybridized carbons (Fsp3) is 0.542. The summed E-state index contributed by atoms with van der Waals surface area (Å²) in [5.41, 5.74) is 7.01. The summed E-state index contributed by atoms with van der Waals surface area (Å²) in [5.74, 6) is -0.0771. The molecule has 8 nitrogen and oxygen atoms in total. The van der Waals surface area contributed by atoms with Crippen LogP contribution in [0.4, 0.5) is 10.5 Å². The molecule has 1 aliphatic carbocycles. The standard InChI is InChI=1S/C24H32N4O4/c1-24(2,3)32-23(30)28(15-5-6-15)16-11-13-27(14-12-16)19-9-7-18(22(25)29)21-17(19)8-10-20(26-21)31-4/h7-10,15-16H,5-6,11-14H2,1-4H3,(H2,25,29). The van der Waals surface area contributed by atoms with Crippen LogP contribution in [0.5, 0.6) is 5.88 Å². The second-order valence-corrected chi connectivity index (χ2v) is 9.58. The third-order valence-electron chi connectivity index (χ3n) is 6.03. The molecular weight excluding hydrogens is 408 g/mol. The quantitative estimate of drug-likeness (QED) is 0.761. The van der Waals surface area contributed by atoms with Crippen molar-refractivity contribution in [1.29, 1.82) is 0 Å². The second kappa shape index (κ2) is 8.48. The molecule has 4 rings (SSSR count). The van der Waals surface area contributed by atoms with E-state index in [0.717, 1.165) is 49.8 Å². The molecule has 2 N–H and O–H groups in total. The number of nitrogens with two attached hydrogens (primary N) is 1. The summed E-state index contributed by atoms with van der Waals surface area (Å²) in [6.45, 7) is 7.31. The molecule has 0 bridgehead atoms. The molecule has 1 saturated carbocycles. The number of carbonyl (C=O) groups is 2. The highest BCUT2D eigenvalue weighted by molar-refractivity contribution is 6.08. The van der Waals surface area contributed by atoms with Gasteiger partial charge in [-0.15, -0.1) is 0 Å². The molecule has 1 aromatic carbocycles. The number of ether oxygens (including phenoxy) is 2. The molecule has 0 unspecified atom stereocenters. The summed E-state index contributed by atoms with van der Waals surface area (Å²) >= 11 is 0. The van der Waals surface area contributed by atoms with Gasteiger partial charge in [0.15, 0.2) is 0 Å². The molecule has 2 fully saturated rings. The van der Waals surface area contributed by atoms with Gasteiger partial charge in [-0.25, -0.2) is 9.78 Å². The molecule has 1 aliphatic heterocycles. The summed E-state index contributed by atoms with van der Waals surface area (Å²) < 4.78 is 10.9. The van der Waals surface area contributed by atoms with E-state index in [4.69, 9.17) is 15.2 Å². The molecule has 2 aliphatic rings. The van der Waals surface area contributed by atoms with Crippen LogP contribution in [0.15, 0.2) is 24.3 Å². The van der Waals surface area contributed by atoms with Crippen LogP contribution in [-0.2, 0) is 4.74 Å². The first-order valence-electron chi connectivity index (χ1n) is 11.2. The van der Waals surface area contributed by atoms with Crippen LogP contribution >= 0.6 is 0 Å². The number of carbonyl (C=O) groups excluding carboxylic acids is 2. The maximum absolute atomic E-state index is 12.9. The number of pyridine rings is 1. The van der Waals surface area contributed by atoms with Crippen molar-refractivity contribution in [1.82, 2.24) is 9.88 Å². The Bertz CT molecular complexity index is 1020. The van der Waals surface area contributed by atoms with E-state index in [9.17, 15) is 9.59 Å². The average molecular weight is 441 g/mol. The van der Waals surface area contributed by atoms with Crippen molar-refractivity contribution >= 4 is 28.6 Å². The Balaban J connectivity index is 1.55. The molecule has 1 saturated heterocycles. The SMILES string of the molecule is COc1ccc2c(N3CCC(N(C(=O)OC(C)(C)C)C4CC4)CC3)ccc(C(N)=O)c2n1. The van der Waals surface area contributed by atoms with Crippen LogP contribution in [-0.4, -0.2) is 59.8 Å². The largest absolute Gasteiger partial charge is 0.481 e. The number of primary amides is 1. The molecule has 172 valence electrons. The van der Waals surface area contributed by atoms with Crippen LogP contribution < -0.4 is 15.4 Å². The van der Waals surface area contributed by atoms with Gasteiger partial charge in [-0.1, -0.05) is 0 Å². The molecular formula is C24H32N4O4. The Kier molecular flexibility index (Phi) is 5.88. The van der Waals surface area contributed by atoms with Gasteiger partial charge in [0.05, 0.1) is 18.2 Å². The summed E-state index contributed by atoms with van der Waals surface area (Å²) in [7, 11) is 1.54. The van der Waals surface area contributed by atoms with Crippen LogP contribution in [0, 0.1) is 0 Å². The lowest BCUT2D eigenvalue weighted by molar-refractivity contribution is 0.0114. The Morgan fingerprint density at radius 1 is 1.06 bits per heavy atom. The number of rotatable bonds is 5. The highest BCUT2D eigenvalue weighted by Gasteiger charge is 2.40. The average Bonchev–Trinajstić information content (AvgIpc) is 3.56. The topological polar surface area (TPSA) is 98.0 Å². The van der Waals surface area contributed by atoms with Gasteiger partial charge in [0.2, 0.25) is 5.88 Å². The number of fused-ring (bicyclic) bond motifs is 1. The first-order valence-corrected chi connectivity index (χ1v) is 11.2. The number of hydrogen-bond acceptors (Lipinski definition) is 6. The minimum atomic E-state index is -0.515. The first kappa shape index (κ1) is 22.2. The molecule has 2 aromatic rings. The van der Waals surface area contributed by atoms with E-state index in [2.05, 4.69) is 9.88 Å². The predicted octanol–water partition coefficient (Wildman–Crippen LogP) is 3.71. The van der Waals surface area contributed by atoms with Gasteiger partial charge in [0.1, 0.15) is 5.60 Å². The zero-order valence-corrected chi connectivity index (χ0v) is 19.3. The van der Waals surface area contributed by atoms with Gasteiger partial charge in [-0.05, 0) is 64.7 Å². The van der Waals surface area contributed by atoms with Crippen molar-refractivity contribution in [2.24, 2.45) is 5.73 Å². The summed E-state index contributed by atoms with van der Waals surface area (Å²) in [4.78, 5) is 33.5. The van der Waals surface area contributed by atoms with E-state index in [-0.39, 0.29) is 12.1 Å². The normalized spacial score (nSPS) is 17.3. The van der Waals surface area contributed by atoms with Crippen LogP contribution in [0.3, 0.4) is 0 Å². The van der Waals surface area contributed by atoms with Crippen molar-refractivity contribution in [2.45, 2.75) is 64.1 Å². The van der Waals surface area contributed by atoms with Gasteiger partial charge in [0, 0.05) is 42.3 Å². The summed E-state index contributed by atoms with van der Waals surface area (Å²) in [6, 6.07) is 7.85. The summed E-state index contributed by atoms with van der Waals surface area (Å²) in [6.07, 6.45) is 3.61. The predicted molar refractivity (Wildman–Crippen MR) is 123 cm³/mol. The zero-order valence-electron chi connectivity index (χ0n) is 19.3. The van der Waals surface area contributed by atoms with E-state index >= 15 is 0 Å². The van der Waals surface area contributed by atoms with Crippen LogP contribution in [0.25, 0.3) is 10.9 Å². The number of hydrogen-bond donors (Lipinski definition) is 1. The summed E-state index contributed by atoms with van der Waals surface area (Å²) in [5, 5.41) is 0.867. The van der Waals surface area contributed by atoms with E-state index in [1.807, 2.05) is 37.8 Å². The Morgan fingerprint density at radius 3 is 2.28 bits per heavy atom. The zero-order chi connectivity index (χ0) is 23.0. The van der Waals surface area contributed by atoms with Crippen molar-refractivity contribution in [3.8, 4) is 5.88 Å². The third kappa shape index (κ3) is 4.59. The molecule has 0 atom stereocenters. The van der Waals surface area contributed by atoms with E-state index in [1.165, 1.54) is 0 Å². The van der Waals surface area contributed by atoms with Gasteiger partial charge in [-0.3, -0.25) is 4.79 Å². The number of piperidine rings is 1. The molecule has 32 heavy (non-hydrogen) atoms. The lowest BCUT2D eigenvalue weighted by Crippen LogP contribution is -2.50. The lowest BCUT2D eigenvalue weighted by atomic mass is 10.00. The number of methoxy groups -OCH3 is 1. The minimum absolute atomic E-state index is 0.169. The Hall–Kier alpha value is -3.03. The van der Waals surface area contributed by atoms with Crippen molar-refractivity contribution in [3.05, 3.63) is 29.8 Å². The number of benzene rings is 1. The number of amides is 2. The molecule has 2 heterocycles. The number of anilines is 1. The first-order chi connectivity index (χ1) is 15.2. The van der Waals surface area contributed by atoms with Gasteiger partial charge >= 0.3 is 6.09 Å². The molecule has 8 heteroatoms. The maximum Gasteiger partial charge on any atom is 0.410 e. The minimum Gasteiger partial charge on any atom is -0.481 e. The van der Waals surface area contributed by atoms with Crippen LogP contribution in [0.2, 0.25) is 0 Å². The smallest absolute Gasteiger partial charge is 0.410 e. The van der Waals surface area contributed by atoms with Gasteiger partial charge < -0.3 is 25.0 Å². The van der Waals surface area contributed by atoms with Crippen molar-refractivity contribution in [3.63, 3.8) is 0 Å². The maximum atomic E-state index is 12.9. The molecule has 0 spiro atoms. The van der Waals surface area contributed by atoms with Crippen molar-refractivity contribution < 1.29 is 19.1 Å². The van der Waals surface area contributed by atoms with E-state index in [1.54, 1.807) is 19.2 Å². The number of nitrogens with zero attached hydrogens (tertiary/aromatic N) is 3. The second-order valence-electron chi connectivity index (χ2n) is 9.58. The fourth-order valence-corrected chi connectivity index (χ4v) is 4.42. The van der Waals surface area contributed by atoms with Crippen LogP contribution in [0.1, 0.15) is 56.8 Å². The van der Waals surface area contributed by atoms with Gasteiger partial charge in [0.25, 0.3) is 5.91 Å². The Labute approximate surface area is 188 Å². The molecule has 0 radical (unpaired) electrons. The fourth-order valence-electron chi connectivity index (χ4n) is 4.42. The highest BCUT2D eigenvalue weighted by atomic mass is 16.6. The number of aromatic nitrogens is 1. The van der Waals surface area contributed by atoms with Crippen molar-refractivity contribution in [2.75, 3.05) is 25.1 Å².